The highest BCUT2D eigenvalue weighted by molar-refractivity contribution is 6.30. The minimum absolute atomic E-state index is 0.0302. The molecular weight excluding hydrogens is 376 g/mol. The second kappa shape index (κ2) is 7.75. The molecule has 0 N–H and O–H groups in total. The first-order chi connectivity index (χ1) is 12.8. The topological polar surface area (TPSA) is 64.8 Å². The second-order valence-corrected chi connectivity index (χ2v) is 6.40. The van der Waals surface area contributed by atoms with Gasteiger partial charge in [-0.05, 0) is 41.8 Å². The van der Waals surface area contributed by atoms with E-state index in [4.69, 9.17) is 11.6 Å². The van der Waals surface area contributed by atoms with E-state index in [-0.39, 0.29) is 28.5 Å². The number of Topliss-reactive ketones (excluding diaryl/α,β-unsaturated/α-hetero) is 1. The highest BCUT2D eigenvalue weighted by Gasteiger charge is 2.12. The van der Waals surface area contributed by atoms with E-state index in [9.17, 15) is 18.4 Å². The molecule has 0 spiro atoms. The first kappa shape index (κ1) is 18.8. The van der Waals surface area contributed by atoms with Gasteiger partial charge in [-0.3, -0.25) is 14.6 Å². The van der Waals surface area contributed by atoms with E-state index >= 15 is 0 Å². The Balaban J connectivity index is 1.71. The van der Waals surface area contributed by atoms with Crippen LogP contribution in [0.4, 0.5) is 8.78 Å². The van der Waals surface area contributed by atoms with Gasteiger partial charge >= 0.3 is 0 Å². The maximum Gasteiger partial charge on any atom is 0.266 e. The number of nitrogens with zero attached hydrogens (tertiary/aromatic N) is 3. The molecule has 0 saturated carbocycles. The number of hydrogen-bond donors (Lipinski definition) is 0. The second-order valence-electron chi connectivity index (χ2n) is 5.99. The lowest BCUT2D eigenvalue weighted by molar-refractivity contribution is 0.0985. The van der Waals surface area contributed by atoms with Crippen molar-refractivity contribution >= 4 is 17.4 Å². The summed E-state index contributed by atoms with van der Waals surface area (Å²) in [5.74, 6) is -2.34. The molecule has 0 amide bonds. The van der Waals surface area contributed by atoms with E-state index in [1.165, 1.54) is 25.2 Å². The van der Waals surface area contributed by atoms with Crippen LogP contribution in [0, 0.1) is 11.6 Å². The summed E-state index contributed by atoms with van der Waals surface area (Å²) >= 11 is 5.65. The zero-order chi connectivity index (χ0) is 19.6. The number of hydrogen-bond acceptors (Lipinski definition) is 4. The van der Waals surface area contributed by atoms with Gasteiger partial charge < -0.3 is 0 Å². The van der Waals surface area contributed by atoms with Crippen molar-refractivity contribution in [3.05, 3.63) is 92.1 Å². The van der Waals surface area contributed by atoms with Crippen molar-refractivity contribution < 1.29 is 13.6 Å². The van der Waals surface area contributed by atoms with Crippen molar-refractivity contribution in [1.29, 1.82) is 0 Å². The summed E-state index contributed by atoms with van der Waals surface area (Å²) in [7, 11) is 1.47. The molecule has 1 aromatic carbocycles. The van der Waals surface area contributed by atoms with Gasteiger partial charge in [0.25, 0.3) is 5.56 Å². The van der Waals surface area contributed by atoms with Crippen molar-refractivity contribution in [1.82, 2.24) is 14.8 Å². The fraction of sp³-hybridized carbons (Fsp3) is 0.158. The third kappa shape index (κ3) is 4.43. The largest absolute Gasteiger partial charge is 0.292 e. The third-order valence-electron chi connectivity index (χ3n) is 3.93. The van der Waals surface area contributed by atoms with E-state index in [0.717, 1.165) is 16.3 Å². The van der Waals surface area contributed by atoms with E-state index in [1.807, 2.05) is 0 Å². The third-order valence-corrected chi connectivity index (χ3v) is 4.20. The Bertz CT molecular complexity index is 1040. The van der Waals surface area contributed by atoms with E-state index < -0.39 is 11.6 Å². The Kier molecular flexibility index (Phi) is 5.41. The van der Waals surface area contributed by atoms with Crippen LogP contribution in [0.15, 0.2) is 47.4 Å². The van der Waals surface area contributed by atoms with Gasteiger partial charge in [-0.25, -0.2) is 13.5 Å². The molecular formula is C19H14ClF2N3O2. The number of ketones is 1. The molecule has 0 atom stereocenters. The summed E-state index contributed by atoms with van der Waals surface area (Å²) < 4.78 is 27.8. The maximum absolute atomic E-state index is 13.4. The van der Waals surface area contributed by atoms with Crippen molar-refractivity contribution in [2.45, 2.75) is 12.8 Å². The molecule has 138 valence electrons. The van der Waals surface area contributed by atoms with Gasteiger partial charge in [-0.15, -0.1) is 0 Å². The van der Waals surface area contributed by atoms with Crippen LogP contribution in [-0.2, 0) is 19.9 Å². The number of benzene rings is 1. The fourth-order valence-electron chi connectivity index (χ4n) is 2.52. The van der Waals surface area contributed by atoms with Crippen LogP contribution in [-0.4, -0.2) is 20.5 Å². The molecule has 0 aliphatic carbocycles. The molecule has 5 nitrogen and oxygen atoms in total. The molecule has 0 fully saturated rings. The summed E-state index contributed by atoms with van der Waals surface area (Å²) in [5.41, 5.74) is 1.68. The van der Waals surface area contributed by atoms with Crippen LogP contribution in [0.5, 0.6) is 0 Å². The number of aromatic nitrogens is 3. The van der Waals surface area contributed by atoms with E-state index in [2.05, 4.69) is 10.1 Å². The number of rotatable bonds is 5. The molecule has 3 aromatic rings. The Morgan fingerprint density at radius 3 is 2.56 bits per heavy atom. The van der Waals surface area contributed by atoms with Crippen LogP contribution in [0.25, 0.3) is 0 Å². The summed E-state index contributed by atoms with van der Waals surface area (Å²) in [6.07, 6.45) is 1.91. The van der Waals surface area contributed by atoms with Crippen LogP contribution < -0.4 is 5.56 Å². The summed E-state index contributed by atoms with van der Waals surface area (Å²) in [4.78, 5) is 27.8. The first-order valence-corrected chi connectivity index (χ1v) is 8.36. The fourth-order valence-corrected chi connectivity index (χ4v) is 2.75. The lowest BCUT2D eigenvalue weighted by Gasteiger charge is -2.06. The van der Waals surface area contributed by atoms with Gasteiger partial charge in [0.15, 0.2) is 17.4 Å². The molecule has 0 radical (unpaired) electrons. The normalized spacial score (nSPS) is 10.8. The minimum atomic E-state index is -1.07. The lowest BCUT2D eigenvalue weighted by Crippen LogP contribution is -2.21. The molecule has 0 aliphatic rings. The SMILES string of the molecule is Cn1nc(C(=O)Cc2ccc(Cc3cc(F)c(F)c(Cl)c3)cn2)ccc1=O. The van der Waals surface area contributed by atoms with E-state index in [1.54, 1.807) is 18.3 Å². The molecule has 0 aliphatic heterocycles. The van der Waals surface area contributed by atoms with Crippen molar-refractivity contribution in [3.8, 4) is 0 Å². The summed E-state index contributed by atoms with van der Waals surface area (Å²) in [6.45, 7) is 0. The monoisotopic (exact) mass is 389 g/mol. The highest BCUT2D eigenvalue weighted by Crippen LogP contribution is 2.21. The van der Waals surface area contributed by atoms with Gasteiger partial charge in [0, 0.05) is 25.0 Å². The van der Waals surface area contributed by atoms with Crippen LogP contribution in [0.3, 0.4) is 0 Å². The maximum atomic E-state index is 13.4. The molecule has 2 aromatic heterocycles. The average Bonchev–Trinajstić information content (AvgIpc) is 2.63. The predicted molar refractivity (Wildman–Crippen MR) is 95.9 cm³/mol. The number of aryl methyl sites for hydroxylation is 1. The first-order valence-electron chi connectivity index (χ1n) is 7.98. The molecule has 0 bridgehead atoms. The lowest BCUT2D eigenvalue weighted by atomic mass is 10.1. The number of pyridine rings is 1. The molecule has 8 heteroatoms. The van der Waals surface area contributed by atoms with Gasteiger partial charge in [-0.2, -0.15) is 5.10 Å². The molecule has 0 saturated heterocycles. The Labute approximate surface area is 158 Å². The predicted octanol–water partition coefficient (Wildman–Crippen LogP) is 3.12. The smallest absolute Gasteiger partial charge is 0.266 e. The standard InChI is InChI=1S/C19H14ClF2N3O2/c1-25-18(27)5-4-16(24-25)17(26)9-13-3-2-11(10-23-13)6-12-7-14(20)19(22)15(21)8-12/h2-5,7-8,10H,6,9H2,1H3. The minimum Gasteiger partial charge on any atom is -0.292 e. The summed E-state index contributed by atoms with van der Waals surface area (Å²) in [5, 5.41) is 3.64. The zero-order valence-corrected chi connectivity index (χ0v) is 15.0. The Morgan fingerprint density at radius 2 is 1.93 bits per heavy atom. The van der Waals surface area contributed by atoms with Crippen molar-refractivity contribution in [2.24, 2.45) is 7.05 Å². The van der Waals surface area contributed by atoms with Gasteiger partial charge in [-0.1, -0.05) is 17.7 Å². The molecule has 3 rings (SSSR count). The van der Waals surface area contributed by atoms with Gasteiger partial charge in [0.1, 0.15) is 5.69 Å². The molecule has 2 heterocycles. The molecule has 27 heavy (non-hydrogen) atoms. The summed E-state index contributed by atoms with van der Waals surface area (Å²) in [6, 6.07) is 8.54. The number of carbonyl (C=O) groups is 1. The van der Waals surface area contributed by atoms with Crippen LogP contribution in [0.2, 0.25) is 5.02 Å². The van der Waals surface area contributed by atoms with Gasteiger partial charge in [0.2, 0.25) is 0 Å². The van der Waals surface area contributed by atoms with Crippen molar-refractivity contribution in [2.75, 3.05) is 0 Å². The Morgan fingerprint density at radius 1 is 1.15 bits per heavy atom. The highest BCUT2D eigenvalue weighted by atomic mass is 35.5. The number of carbonyl (C=O) groups excluding carboxylic acids is 1. The number of halogens is 3. The van der Waals surface area contributed by atoms with Gasteiger partial charge in [0.05, 0.1) is 11.4 Å². The van der Waals surface area contributed by atoms with Crippen LogP contribution >= 0.6 is 11.6 Å². The Hall–Kier alpha value is -2.93. The quantitative estimate of drug-likeness (QED) is 0.497. The van der Waals surface area contributed by atoms with Crippen LogP contribution in [0.1, 0.15) is 27.3 Å². The average molecular weight is 390 g/mol. The zero-order valence-electron chi connectivity index (χ0n) is 14.2. The molecule has 0 unspecified atom stereocenters. The van der Waals surface area contributed by atoms with E-state index in [0.29, 0.717) is 17.7 Å². The van der Waals surface area contributed by atoms with Crippen molar-refractivity contribution in [3.63, 3.8) is 0 Å².